The molecule has 1 aliphatic rings. The predicted octanol–water partition coefficient (Wildman–Crippen LogP) is 2.00. The highest BCUT2D eigenvalue weighted by Gasteiger charge is 2.40. The lowest BCUT2D eigenvalue weighted by molar-refractivity contribution is 0.137. The largest absolute Gasteiger partial charge is 0.394 e. The molecule has 0 aliphatic heterocycles. The zero-order valence-corrected chi connectivity index (χ0v) is 12.0. The van der Waals surface area contributed by atoms with Crippen molar-refractivity contribution < 1.29 is 5.11 Å². The zero-order chi connectivity index (χ0) is 12.9. The highest BCUT2D eigenvalue weighted by Crippen LogP contribution is 2.33. The number of aliphatic hydroxyl groups excluding tert-OH is 1. The van der Waals surface area contributed by atoms with Crippen molar-refractivity contribution in [2.45, 2.75) is 71.0 Å². The molecular formula is C14H30N2O. The molecule has 102 valence electrons. The average molecular weight is 242 g/mol. The first-order valence-electron chi connectivity index (χ1n) is 7.19. The van der Waals surface area contributed by atoms with Crippen LogP contribution in [-0.4, -0.2) is 47.3 Å². The second-order valence-electron chi connectivity index (χ2n) is 5.76. The molecule has 1 fully saturated rings. The summed E-state index contributed by atoms with van der Waals surface area (Å²) in [5.41, 5.74) is -0.0278. The normalized spacial score (nSPS) is 29.5. The van der Waals surface area contributed by atoms with E-state index in [1.165, 1.54) is 19.4 Å². The third-order valence-electron chi connectivity index (χ3n) is 3.91. The van der Waals surface area contributed by atoms with Gasteiger partial charge in [0.15, 0.2) is 0 Å². The van der Waals surface area contributed by atoms with E-state index in [0.29, 0.717) is 12.1 Å². The minimum Gasteiger partial charge on any atom is -0.394 e. The maximum Gasteiger partial charge on any atom is 0.0614 e. The Morgan fingerprint density at radius 1 is 1.41 bits per heavy atom. The van der Waals surface area contributed by atoms with Crippen molar-refractivity contribution in [3.63, 3.8) is 0 Å². The van der Waals surface area contributed by atoms with Gasteiger partial charge in [-0.3, -0.25) is 0 Å². The summed E-state index contributed by atoms with van der Waals surface area (Å²) < 4.78 is 0. The van der Waals surface area contributed by atoms with Gasteiger partial charge in [-0.2, -0.15) is 0 Å². The predicted molar refractivity (Wildman–Crippen MR) is 73.3 cm³/mol. The molecule has 1 saturated carbocycles. The fourth-order valence-electron chi connectivity index (χ4n) is 3.23. The van der Waals surface area contributed by atoms with E-state index in [2.05, 4.69) is 37.9 Å². The lowest BCUT2D eigenvalue weighted by Crippen LogP contribution is -2.50. The first kappa shape index (κ1) is 14.9. The molecule has 0 saturated heterocycles. The third kappa shape index (κ3) is 3.94. The van der Waals surface area contributed by atoms with Crippen LogP contribution in [-0.2, 0) is 0 Å². The van der Waals surface area contributed by atoms with Gasteiger partial charge in [-0.25, -0.2) is 0 Å². The Kier molecular flexibility index (Phi) is 5.90. The quantitative estimate of drug-likeness (QED) is 0.717. The average Bonchev–Trinajstić information content (AvgIpc) is 2.70. The Hall–Kier alpha value is -0.120. The van der Waals surface area contributed by atoms with Crippen LogP contribution in [0.2, 0.25) is 0 Å². The number of hydrogen-bond acceptors (Lipinski definition) is 3. The van der Waals surface area contributed by atoms with Gasteiger partial charge in [-0.05, 0) is 38.8 Å². The van der Waals surface area contributed by atoms with Crippen molar-refractivity contribution in [1.82, 2.24) is 10.2 Å². The van der Waals surface area contributed by atoms with Crippen LogP contribution in [0.5, 0.6) is 0 Å². The van der Waals surface area contributed by atoms with Crippen LogP contribution < -0.4 is 5.32 Å². The van der Waals surface area contributed by atoms with Crippen LogP contribution in [0.15, 0.2) is 0 Å². The van der Waals surface area contributed by atoms with E-state index in [-0.39, 0.29) is 12.1 Å². The van der Waals surface area contributed by atoms with Crippen LogP contribution in [0.1, 0.15) is 53.4 Å². The van der Waals surface area contributed by atoms with Crippen molar-refractivity contribution in [2.75, 3.05) is 19.7 Å². The SMILES string of the molecule is CCCN(CC)C1CCC(CO)(NC(C)C)C1. The van der Waals surface area contributed by atoms with Crippen LogP contribution >= 0.6 is 0 Å². The number of nitrogens with zero attached hydrogens (tertiary/aromatic N) is 1. The highest BCUT2D eigenvalue weighted by atomic mass is 16.3. The summed E-state index contributed by atoms with van der Waals surface area (Å²) in [6.45, 7) is 11.4. The van der Waals surface area contributed by atoms with Gasteiger partial charge in [0, 0.05) is 17.6 Å². The van der Waals surface area contributed by atoms with E-state index in [0.717, 1.165) is 19.4 Å². The Morgan fingerprint density at radius 2 is 2.12 bits per heavy atom. The van der Waals surface area contributed by atoms with Crippen LogP contribution in [0.25, 0.3) is 0 Å². The summed E-state index contributed by atoms with van der Waals surface area (Å²) in [6.07, 6.45) is 4.63. The Bertz CT molecular complexity index is 220. The molecule has 2 unspecified atom stereocenters. The molecule has 2 N–H and O–H groups in total. The number of aliphatic hydroxyl groups is 1. The summed E-state index contributed by atoms with van der Waals surface area (Å²) in [5.74, 6) is 0. The van der Waals surface area contributed by atoms with Gasteiger partial charge in [0.25, 0.3) is 0 Å². The molecule has 1 aliphatic carbocycles. The summed E-state index contributed by atoms with van der Waals surface area (Å²) >= 11 is 0. The summed E-state index contributed by atoms with van der Waals surface area (Å²) in [5, 5.41) is 13.3. The highest BCUT2D eigenvalue weighted by molar-refractivity contribution is 5.00. The lowest BCUT2D eigenvalue weighted by Gasteiger charge is -2.33. The first-order chi connectivity index (χ1) is 8.06. The van der Waals surface area contributed by atoms with Gasteiger partial charge >= 0.3 is 0 Å². The molecule has 0 heterocycles. The van der Waals surface area contributed by atoms with E-state index in [9.17, 15) is 5.11 Å². The molecule has 1 rings (SSSR count). The molecule has 2 atom stereocenters. The number of rotatable bonds is 7. The zero-order valence-electron chi connectivity index (χ0n) is 12.0. The van der Waals surface area contributed by atoms with Crippen molar-refractivity contribution in [1.29, 1.82) is 0 Å². The topological polar surface area (TPSA) is 35.5 Å². The van der Waals surface area contributed by atoms with Crippen molar-refractivity contribution in [3.05, 3.63) is 0 Å². The Labute approximate surface area is 107 Å². The van der Waals surface area contributed by atoms with Crippen LogP contribution in [0, 0.1) is 0 Å². The molecule has 3 nitrogen and oxygen atoms in total. The maximum absolute atomic E-state index is 9.69. The van der Waals surface area contributed by atoms with E-state index in [4.69, 9.17) is 0 Å². The second kappa shape index (κ2) is 6.72. The minimum atomic E-state index is -0.0278. The minimum absolute atomic E-state index is 0.0278. The molecule has 0 amide bonds. The van der Waals surface area contributed by atoms with Crippen molar-refractivity contribution in [2.24, 2.45) is 0 Å². The van der Waals surface area contributed by atoms with Crippen LogP contribution in [0.3, 0.4) is 0 Å². The number of nitrogens with one attached hydrogen (secondary N) is 1. The monoisotopic (exact) mass is 242 g/mol. The molecule has 0 radical (unpaired) electrons. The first-order valence-corrected chi connectivity index (χ1v) is 7.19. The molecule has 17 heavy (non-hydrogen) atoms. The molecular weight excluding hydrogens is 212 g/mol. The lowest BCUT2D eigenvalue weighted by atomic mass is 9.97. The van der Waals surface area contributed by atoms with E-state index >= 15 is 0 Å². The Balaban J connectivity index is 2.59. The summed E-state index contributed by atoms with van der Waals surface area (Å²) in [4.78, 5) is 2.57. The molecule has 0 bridgehead atoms. The Morgan fingerprint density at radius 3 is 2.59 bits per heavy atom. The molecule has 0 aromatic carbocycles. The van der Waals surface area contributed by atoms with Gasteiger partial charge < -0.3 is 15.3 Å². The van der Waals surface area contributed by atoms with Gasteiger partial charge in [-0.1, -0.05) is 27.7 Å². The smallest absolute Gasteiger partial charge is 0.0614 e. The van der Waals surface area contributed by atoms with E-state index < -0.39 is 0 Å². The van der Waals surface area contributed by atoms with E-state index in [1.807, 2.05) is 0 Å². The van der Waals surface area contributed by atoms with Gasteiger partial charge in [0.05, 0.1) is 6.61 Å². The fourth-order valence-corrected chi connectivity index (χ4v) is 3.23. The second-order valence-corrected chi connectivity index (χ2v) is 5.76. The fraction of sp³-hybridized carbons (Fsp3) is 1.00. The molecule has 0 spiro atoms. The standard InChI is InChI=1S/C14H30N2O/c1-5-9-16(6-2)13-7-8-14(10-13,11-17)15-12(3)4/h12-13,15,17H,5-11H2,1-4H3. The van der Waals surface area contributed by atoms with Gasteiger partial charge in [-0.15, -0.1) is 0 Å². The van der Waals surface area contributed by atoms with Gasteiger partial charge in [0.1, 0.15) is 0 Å². The number of hydrogen-bond donors (Lipinski definition) is 2. The molecule has 0 aromatic rings. The maximum atomic E-state index is 9.69. The third-order valence-corrected chi connectivity index (χ3v) is 3.91. The molecule has 3 heteroatoms. The van der Waals surface area contributed by atoms with Crippen molar-refractivity contribution >= 4 is 0 Å². The molecule has 0 aromatic heterocycles. The summed E-state index contributed by atoms with van der Waals surface area (Å²) in [7, 11) is 0. The van der Waals surface area contributed by atoms with E-state index in [1.54, 1.807) is 0 Å². The van der Waals surface area contributed by atoms with Crippen LogP contribution in [0.4, 0.5) is 0 Å². The van der Waals surface area contributed by atoms with Gasteiger partial charge in [0.2, 0.25) is 0 Å². The van der Waals surface area contributed by atoms with Crippen molar-refractivity contribution in [3.8, 4) is 0 Å². The summed E-state index contributed by atoms with van der Waals surface area (Å²) in [6, 6.07) is 1.10.